The van der Waals surface area contributed by atoms with E-state index in [0.717, 1.165) is 18.6 Å². The highest BCUT2D eigenvalue weighted by atomic mass is 16.5. The molecule has 0 aromatic heterocycles. The molecule has 0 fully saturated rings. The van der Waals surface area contributed by atoms with Crippen LogP contribution in [-0.2, 0) is 11.8 Å². The fourth-order valence-corrected chi connectivity index (χ4v) is 2.34. The van der Waals surface area contributed by atoms with E-state index < -0.39 is 0 Å². The van der Waals surface area contributed by atoms with E-state index in [9.17, 15) is 0 Å². The molecule has 0 atom stereocenters. The number of methoxy groups -OCH3 is 1. The standard InChI is InChI=1S/C18H21O/c1-18(2,16-10-5-4-6-11-16)14-13-15-9-7-8-12-17(15)19-3/h5-12H,13-14H2,1-3H3. The Bertz CT molecular complexity index is 514. The third-order valence-corrected chi connectivity index (χ3v) is 3.71. The topological polar surface area (TPSA) is 9.23 Å². The normalized spacial score (nSPS) is 11.3. The van der Waals surface area contributed by atoms with Gasteiger partial charge in [0.15, 0.2) is 0 Å². The minimum absolute atomic E-state index is 0.163. The van der Waals surface area contributed by atoms with Crippen LogP contribution >= 0.6 is 0 Å². The van der Waals surface area contributed by atoms with Gasteiger partial charge in [-0.05, 0) is 41.5 Å². The average molecular weight is 253 g/mol. The molecule has 2 aromatic rings. The summed E-state index contributed by atoms with van der Waals surface area (Å²) in [5.41, 5.74) is 2.80. The molecule has 0 amide bonds. The highest BCUT2D eigenvalue weighted by molar-refractivity contribution is 5.34. The molecule has 0 spiro atoms. The molecule has 1 radical (unpaired) electrons. The third kappa shape index (κ3) is 3.37. The van der Waals surface area contributed by atoms with Crippen LogP contribution in [0.15, 0.2) is 48.5 Å². The molecule has 0 bridgehead atoms. The molecular formula is C18H21O. The minimum atomic E-state index is 0.163. The van der Waals surface area contributed by atoms with Crippen molar-refractivity contribution >= 4 is 0 Å². The van der Waals surface area contributed by atoms with E-state index in [1.165, 1.54) is 11.1 Å². The van der Waals surface area contributed by atoms with E-state index in [0.29, 0.717) is 0 Å². The van der Waals surface area contributed by atoms with Crippen LogP contribution in [0.25, 0.3) is 0 Å². The Balaban J connectivity index is 2.10. The Morgan fingerprint density at radius 1 is 1.05 bits per heavy atom. The Morgan fingerprint density at radius 2 is 1.74 bits per heavy atom. The summed E-state index contributed by atoms with van der Waals surface area (Å²) in [6.07, 6.45) is 2.12. The fraction of sp³-hybridized carbons (Fsp3) is 0.333. The van der Waals surface area contributed by atoms with Crippen LogP contribution < -0.4 is 4.74 Å². The number of hydrogen-bond acceptors (Lipinski definition) is 1. The molecular weight excluding hydrogens is 232 g/mol. The van der Waals surface area contributed by atoms with Gasteiger partial charge in [-0.3, -0.25) is 0 Å². The molecule has 1 heteroatoms. The van der Waals surface area contributed by atoms with Gasteiger partial charge in [0.1, 0.15) is 5.75 Å². The molecule has 2 rings (SSSR count). The van der Waals surface area contributed by atoms with Gasteiger partial charge in [0.05, 0.1) is 7.11 Å². The van der Waals surface area contributed by atoms with Gasteiger partial charge >= 0.3 is 0 Å². The first kappa shape index (κ1) is 13.7. The van der Waals surface area contributed by atoms with E-state index in [1.807, 2.05) is 24.3 Å². The van der Waals surface area contributed by atoms with Gasteiger partial charge in [-0.2, -0.15) is 0 Å². The Morgan fingerprint density at radius 3 is 2.42 bits per heavy atom. The van der Waals surface area contributed by atoms with Crippen molar-refractivity contribution in [2.75, 3.05) is 7.11 Å². The smallest absolute Gasteiger partial charge is 0.122 e. The summed E-state index contributed by atoms with van der Waals surface area (Å²) in [5, 5.41) is 0. The molecule has 0 unspecified atom stereocenters. The third-order valence-electron chi connectivity index (χ3n) is 3.71. The zero-order chi connectivity index (χ0) is 13.7. The second-order valence-corrected chi connectivity index (χ2v) is 5.48. The van der Waals surface area contributed by atoms with E-state index in [-0.39, 0.29) is 5.41 Å². The molecule has 0 N–H and O–H groups in total. The Kier molecular flexibility index (Phi) is 4.26. The molecule has 0 saturated carbocycles. The van der Waals surface area contributed by atoms with Gasteiger partial charge in [0, 0.05) is 0 Å². The number of hydrogen-bond donors (Lipinski definition) is 0. The number of aryl methyl sites for hydroxylation is 1. The zero-order valence-corrected chi connectivity index (χ0v) is 11.9. The molecule has 0 aliphatic carbocycles. The van der Waals surface area contributed by atoms with Crippen molar-refractivity contribution in [1.82, 2.24) is 0 Å². The van der Waals surface area contributed by atoms with Crippen LogP contribution in [0.4, 0.5) is 0 Å². The van der Waals surface area contributed by atoms with Crippen LogP contribution in [0.2, 0.25) is 0 Å². The summed E-state index contributed by atoms with van der Waals surface area (Å²) in [7, 11) is 1.73. The second-order valence-electron chi connectivity index (χ2n) is 5.48. The fourth-order valence-electron chi connectivity index (χ4n) is 2.34. The van der Waals surface area contributed by atoms with Gasteiger partial charge in [0.25, 0.3) is 0 Å². The summed E-state index contributed by atoms with van der Waals surface area (Å²) < 4.78 is 5.41. The quantitative estimate of drug-likeness (QED) is 0.767. The maximum atomic E-state index is 5.41. The molecule has 0 heterocycles. The first-order valence-corrected chi connectivity index (χ1v) is 6.72. The number of benzene rings is 2. The lowest BCUT2D eigenvalue weighted by Gasteiger charge is -2.25. The largest absolute Gasteiger partial charge is 0.496 e. The van der Waals surface area contributed by atoms with Gasteiger partial charge in [-0.25, -0.2) is 0 Å². The first-order valence-electron chi connectivity index (χ1n) is 6.72. The molecule has 99 valence electrons. The molecule has 2 aromatic carbocycles. The summed E-state index contributed by atoms with van der Waals surface area (Å²) in [6, 6.07) is 19.6. The van der Waals surface area contributed by atoms with Crippen molar-refractivity contribution in [3.63, 3.8) is 0 Å². The summed E-state index contributed by atoms with van der Waals surface area (Å²) in [4.78, 5) is 0. The molecule has 0 saturated heterocycles. The van der Waals surface area contributed by atoms with Crippen molar-refractivity contribution in [3.05, 3.63) is 65.7 Å². The predicted molar refractivity (Wildman–Crippen MR) is 79.6 cm³/mol. The lowest BCUT2D eigenvalue weighted by molar-refractivity contribution is 0.404. The second kappa shape index (κ2) is 5.92. The predicted octanol–water partition coefficient (Wildman–Crippen LogP) is 4.41. The monoisotopic (exact) mass is 253 g/mol. The lowest BCUT2D eigenvalue weighted by Crippen LogP contribution is -2.18. The highest BCUT2D eigenvalue weighted by Gasteiger charge is 2.20. The molecule has 1 nitrogen and oxygen atoms in total. The van der Waals surface area contributed by atoms with Crippen molar-refractivity contribution < 1.29 is 4.74 Å². The summed E-state index contributed by atoms with van der Waals surface area (Å²) in [5.74, 6) is 0.986. The van der Waals surface area contributed by atoms with Gasteiger partial charge in [0.2, 0.25) is 0 Å². The van der Waals surface area contributed by atoms with Gasteiger partial charge in [-0.1, -0.05) is 56.3 Å². The van der Waals surface area contributed by atoms with E-state index in [2.05, 4.69) is 44.2 Å². The van der Waals surface area contributed by atoms with Gasteiger partial charge in [-0.15, -0.1) is 0 Å². The molecule has 0 aliphatic heterocycles. The summed E-state index contributed by atoms with van der Waals surface area (Å²) >= 11 is 0. The van der Waals surface area contributed by atoms with Crippen LogP contribution in [0, 0.1) is 6.07 Å². The lowest BCUT2D eigenvalue weighted by atomic mass is 9.79. The molecule has 0 aliphatic rings. The van der Waals surface area contributed by atoms with E-state index in [4.69, 9.17) is 4.74 Å². The zero-order valence-electron chi connectivity index (χ0n) is 11.9. The van der Waals surface area contributed by atoms with Crippen LogP contribution in [0.5, 0.6) is 5.75 Å². The maximum Gasteiger partial charge on any atom is 0.122 e. The highest BCUT2D eigenvalue weighted by Crippen LogP contribution is 2.30. The number of para-hydroxylation sites is 1. The minimum Gasteiger partial charge on any atom is -0.496 e. The SMILES string of the molecule is COc1ccccc1CCC(C)(C)c1cc[c]cc1. The Labute approximate surface area is 116 Å². The van der Waals surface area contributed by atoms with Crippen molar-refractivity contribution in [2.24, 2.45) is 0 Å². The van der Waals surface area contributed by atoms with E-state index >= 15 is 0 Å². The summed E-state index contributed by atoms with van der Waals surface area (Å²) in [6.45, 7) is 4.58. The first-order chi connectivity index (χ1) is 9.13. The van der Waals surface area contributed by atoms with E-state index in [1.54, 1.807) is 7.11 Å². The van der Waals surface area contributed by atoms with Crippen molar-refractivity contribution in [2.45, 2.75) is 32.1 Å². The van der Waals surface area contributed by atoms with Crippen LogP contribution in [0.1, 0.15) is 31.4 Å². The van der Waals surface area contributed by atoms with Crippen molar-refractivity contribution in [1.29, 1.82) is 0 Å². The Hall–Kier alpha value is -1.76. The van der Waals surface area contributed by atoms with Crippen LogP contribution in [0.3, 0.4) is 0 Å². The average Bonchev–Trinajstić information content (AvgIpc) is 2.46. The van der Waals surface area contributed by atoms with Crippen molar-refractivity contribution in [3.8, 4) is 5.75 Å². The number of ether oxygens (including phenoxy) is 1. The van der Waals surface area contributed by atoms with Crippen LogP contribution in [-0.4, -0.2) is 7.11 Å². The van der Waals surface area contributed by atoms with Gasteiger partial charge < -0.3 is 4.74 Å². The molecule has 19 heavy (non-hydrogen) atoms. The number of rotatable bonds is 5. The maximum absolute atomic E-state index is 5.41.